The van der Waals surface area contributed by atoms with Crippen molar-refractivity contribution < 1.29 is 18.4 Å². The number of rotatable bonds is 11. The summed E-state index contributed by atoms with van der Waals surface area (Å²) in [6, 6.07) is 0. The highest BCUT2D eigenvalue weighted by atomic mass is 32.1. The number of aliphatic hydroxyl groups excluding tert-OH is 1. The third-order valence-corrected chi connectivity index (χ3v) is 6.33. The minimum atomic E-state index is -2.76. The number of thiocarbonyl (C=S) groups is 1. The van der Waals surface area contributed by atoms with Gasteiger partial charge >= 0.3 is 8.80 Å². The van der Waals surface area contributed by atoms with Crippen molar-refractivity contribution in [1.29, 1.82) is 0 Å². The molecule has 0 aliphatic rings. The molecule has 0 bridgehead atoms. The van der Waals surface area contributed by atoms with Gasteiger partial charge in [-0.2, -0.15) is 0 Å². The summed E-state index contributed by atoms with van der Waals surface area (Å²) < 4.78 is 17.5. The molecule has 108 valence electrons. The first kappa shape index (κ1) is 18.0. The Labute approximate surface area is 117 Å². The summed E-state index contributed by atoms with van der Waals surface area (Å²) in [5.41, 5.74) is 0.0415. The number of aliphatic hydroxyl groups is 1. The van der Waals surface area contributed by atoms with E-state index in [0.29, 0.717) is 26.2 Å². The van der Waals surface area contributed by atoms with E-state index in [2.05, 4.69) is 6.92 Å². The van der Waals surface area contributed by atoms with Gasteiger partial charge in [0, 0.05) is 31.8 Å². The minimum absolute atomic E-state index is 0.00411. The average molecular weight is 294 g/mol. The molecule has 1 atom stereocenters. The third-order valence-electron chi connectivity index (χ3n) is 2.59. The molecule has 0 saturated heterocycles. The lowest BCUT2D eigenvalue weighted by Gasteiger charge is -2.34. The van der Waals surface area contributed by atoms with Gasteiger partial charge < -0.3 is 18.4 Å². The van der Waals surface area contributed by atoms with Crippen LogP contribution in [0.25, 0.3) is 0 Å². The zero-order valence-corrected chi connectivity index (χ0v) is 13.7. The van der Waals surface area contributed by atoms with Crippen LogP contribution in [0.3, 0.4) is 0 Å². The summed E-state index contributed by atoms with van der Waals surface area (Å²) in [5.74, 6) is 0. The van der Waals surface area contributed by atoms with Crippen LogP contribution in [0.1, 0.15) is 47.0 Å². The zero-order valence-electron chi connectivity index (χ0n) is 11.9. The molecule has 6 heteroatoms. The van der Waals surface area contributed by atoms with Gasteiger partial charge in [0.1, 0.15) is 0 Å². The smallest absolute Gasteiger partial charge is 0.502 e. The van der Waals surface area contributed by atoms with E-state index in [0.717, 1.165) is 12.8 Å². The fourth-order valence-electron chi connectivity index (χ4n) is 2.05. The highest BCUT2D eigenvalue weighted by Gasteiger charge is 2.48. The largest absolute Gasteiger partial charge is 0.504 e. The zero-order chi connectivity index (χ0) is 14.0. The number of hydrogen-bond donors (Lipinski definition) is 1. The Balaban J connectivity index is 5.06. The first-order valence-electron chi connectivity index (χ1n) is 6.69. The summed E-state index contributed by atoms with van der Waals surface area (Å²) >= 11 is 4.82. The second kappa shape index (κ2) is 9.86. The molecule has 0 spiro atoms. The summed E-state index contributed by atoms with van der Waals surface area (Å²) in [4.78, 5) is 0. The van der Waals surface area contributed by atoms with Crippen molar-refractivity contribution >= 4 is 26.1 Å². The molecule has 0 rings (SSSR count). The molecular weight excluding hydrogens is 268 g/mol. The molecule has 0 aromatic heterocycles. The number of hydrogen-bond acceptors (Lipinski definition) is 4. The maximum atomic E-state index is 9.40. The van der Waals surface area contributed by atoms with Crippen LogP contribution in [-0.4, -0.2) is 38.8 Å². The maximum absolute atomic E-state index is 9.40. The Morgan fingerprint density at radius 1 is 1.06 bits per heavy atom. The quantitative estimate of drug-likeness (QED) is 0.467. The van der Waals surface area contributed by atoms with Crippen molar-refractivity contribution in [2.75, 3.05) is 19.8 Å². The van der Waals surface area contributed by atoms with Gasteiger partial charge in [0.15, 0.2) is 5.05 Å². The van der Waals surface area contributed by atoms with Gasteiger partial charge in [-0.3, -0.25) is 0 Å². The van der Waals surface area contributed by atoms with E-state index in [9.17, 15) is 5.11 Å². The van der Waals surface area contributed by atoms with Gasteiger partial charge in [0.2, 0.25) is 0 Å². The van der Waals surface area contributed by atoms with E-state index >= 15 is 0 Å². The van der Waals surface area contributed by atoms with E-state index in [1.165, 1.54) is 0 Å². The molecule has 0 amide bonds. The Bertz CT molecular complexity index is 221. The molecule has 0 heterocycles. The molecule has 0 radical (unpaired) electrons. The average Bonchev–Trinajstić information content (AvgIpc) is 2.29. The molecule has 0 aliphatic heterocycles. The summed E-state index contributed by atoms with van der Waals surface area (Å²) in [5, 5.41) is 9.41. The Morgan fingerprint density at radius 3 is 1.78 bits per heavy atom. The maximum Gasteiger partial charge on any atom is 0.504 e. The SMILES string of the molecule is CCCC(CC(O)=S)[Si](OCC)(OCC)OCC. The summed E-state index contributed by atoms with van der Waals surface area (Å²) in [6.07, 6.45) is 2.28. The van der Waals surface area contributed by atoms with E-state index in [1.807, 2.05) is 20.8 Å². The highest BCUT2D eigenvalue weighted by molar-refractivity contribution is 7.80. The summed E-state index contributed by atoms with van der Waals surface area (Å²) in [6.45, 7) is 9.52. The first-order valence-corrected chi connectivity index (χ1v) is 8.90. The van der Waals surface area contributed by atoms with E-state index in [1.54, 1.807) is 0 Å². The van der Waals surface area contributed by atoms with E-state index < -0.39 is 8.80 Å². The Morgan fingerprint density at radius 2 is 1.50 bits per heavy atom. The second-order valence-electron chi connectivity index (χ2n) is 3.99. The molecule has 0 saturated carbocycles. The highest BCUT2D eigenvalue weighted by Crippen LogP contribution is 2.33. The van der Waals surface area contributed by atoms with Gasteiger partial charge in [-0.1, -0.05) is 13.3 Å². The third kappa shape index (κ3) is 5.75. The van der Waals surface area contributed by atoms with Crippen molar-refractivity contribution in [3.8, 4) is 0 Å². The predicted octanol–water partition coefficient (Wildman–Crippen LogP) is 3.48. The van der Waals surface area contributed by atoms with Gasteiger partial charge in [0.25, 0.3) is 0 Å². The molecular formula is C12H26O4SSi. The molecule has 0 aliphatic carbocycles. The van der Waals surface area contributed by atoms with Crippen LogP contribution in [0, 0.1) is 0 Å². The van der Waals surface area contributed by atoms with Gasteiger partial charge in [-0.05, 0) is 39.4 Å². The lowest BCUT2D eigenvalue weighted by molar-refractivity contribution is 0.0599. The normalized spacial score (nSPS) is 13.6. The Hall–Kier alpha value is -0.0131. The molecule has 4 nitrogen and oxygen atoms in total. The van der Waals surface area contributed by atoms with Crippen molar-refractivity contribution in [1.82, 2.24) is 0 Å². The molecule has 18 heavy (non-hydrogen) atoms. The molecule has 1 unspecified atom stereocenters. The van der Waals surface area contributed by atoms with E-state index in [-0.39, 0.29) is 10.6 Å². The van der Waals surface area contributed by atoms with Crippen LogP contribution in [-0.2, 0) is 13.3 Å². The van der Waals surface area contributed by atoms with Crippen molar-refractivity contribution in [3.05, 3.63) is 0 Å². The van der Waals surface area contributed by atoms with Crippen LogP contribution in [0.2, 0.25) is 5.54 Å². The van der Waals surface area contributed by atoms with Crippen LogP contribution >= 0.6 is 12.2 Å². The molecule has 0 aromatic rings. The monoisotopic (exact) mass is 294 g/mol. The van der Waals surface area contributed by atoms with Crippen LogP contribution in [0.5, 0.6) is 0 Å². The van der Waals surface area contributed by atoms with Crippen LogP contribution < -0.4 is 0 Å². The van der Waals surface area contributed by atoms with Crippen molar-refractivity contribution in [2.45, 2.75) is 52.5 Å². The lowest BCUT2D eigenvalue weighted by atomic mass is 10.2. The van der Waals surface area contributed by atoms with Gasteiger partial charge in [0.05, 0.1) is 0 Å². The second-order valence-corrected chi connectivity index (χ2v) is 7.35. The standard InChI is InChI=1S/C12H26O4SSi/c1-5-9-11(10-12(13)17)18(14-6-2,15-7-3)16-8-4/h11H,5-10H2,1-4H3,(H,13,17). The van der Waals surface area contributed by atoms with E-state index in [4.69, 9.17) is 25.5 Å². The van der Waals surface area contributed by atoms with Crippen molar-refractivity contribution in [3.63, 3.8) is 0 Å². The van der Waals surface area contributed by atoms with Gasteiger partial charge in [-0.25, -0.2) is 0 Å². The lowest BCUT2D eigenvalue weighted by Crippen LogP contribution is -2.51. The topological polar surface area (TPSA) is 47.9 Å². The van der Waals surface area contributed by atoms with Crippen LogP contribution in [0.4, 0.5) is 0 Å². The first-order chi connectivity index (χ1) is 8.56. The fraction of sp³-hybridized carbons (Fsp3) is 0.917. The summed E-state index contributed by atoms with van der Waals surface area (Å²) in [7, 11) is -2.76. The Kier molecular flexibility index (Phi) is 9.85. The fourth-order valence-corrected chi connectivity index (χ4v) is 5.64. The minimum Gasteiger partial charge on any atom is -0.502 e. The van der Waals surface area contributed by atoms with Crippen molar-refractivity contribution in [2.24, 2.45) is 0 Å². The molecule has 0 aromatic carbocycles. The molecule has 0 fully saturated rings. The van der Waals surface area contributed by atoms with Gasteiger partial charge in [-0.15, -0.1) is 0 Å². The molecule has 1 N–H and O–H groups in total. The predicted molar refractivity (Wildman–Crippen MR) is 79.1 cm³/mol. The van der Waals surface area contributed by atoms with Crippen LogP contribution in [0.15, 0.2) is 0 Å².